The summed E-state index contributed by atoms with van der Waals surface area (Å²) in [5.41, 5.74) is 0. The van der Waals surface area contributed by atoms with Crippen LogP contribution in [0.4, 0.5) is 0 Å². The Bertz CT molecular complexity index is 237. The lowest BCUT2D eigenvalue weighted by molar-refractivity contribution is 0.295. The third-order valence-corrected chi connectivity index (χ3v) is 3.80. The van der Waals surface area contributed by atoms with E-state index in [0.29, 0.717) is 0 Å². The number of rotatable bonds is 4. The Morgan fingerprint density at radius 3 is 3.00 bits per heavy atom. The predicted octanol–water partition coefficient (Wildman–Crippen LogP) is 2.99. The summed E-state index contributed by atoms with van der Waals surface area (Å²) < 4.78 is 0. The van der Waals surface area contributed by atoms with Crippen molar-refractivity contribution in [3.8, 4) is 0 Å². The smallest absolute Gasteiger partial charge is 0.00793 e. The van der Waals surface area contributed by atoms with E-state index in [1.807, 2.05) is 11.3 Å². The fourth-order valence-corrected chi connectivity index (χ4v) is 2.75. The maximum atomic E-state index is 3.57. The van der Waals surface area contributed by atoms with Gasteiger partial charge in [-0.2, -0.15) is 0 Å². The van der Waals surface area contributed by atoms with Gasteiger partial charge in [-0.1, -0.05) is 13.0 Å². The molecule has 2 rings (SSSR count). The minimum Gasteiger partial charge on any atom is -0.314 e. The first-order valence-corrected chi connectivity index (χ1v) is 6.05. The molecule has 0 radical (unpaired) electrons. The number of hydrogen-bond donors (Lipinski definition) is 1. The molecule has 2 heteroatoms. The molecule has 1 aliphatic carbocycles. The molecule has 0 bridgehead atoms. The molecule has 1 aromatic rings. The molecule has 1 heterocycles. The second-order valence-electron chi connectivity index (χ2n) is 3.83. The van der Waals surface area contributed by atoms with Gasteiger partial charge >= 0.3 is 0 Å². The minimum absolute atomic E-state index is 0.798. The van der Waals surface area contributed by atoms with Gasteiger partial charge in [-0.25, -0.2) is 0 Å². The van der Waals surface area contributed by atoms with Gasteiger partial charge in [0.25, 0.3) is 0 Å². The van der Waals surface area contributed by atoms with Crippen LogP contribution in [-0.4, -0.2) is 12.6 Å². The Balaban J connectivity index is 1.73. The maximum absolute atomic E-state index is 3.57. The molecule has 1 aromatic heterocycles. The van der Waals surface area contributed by atoms with E-state index in [9.17, 15) is 0 Å². The lowest BCUT2D eigenvalue weighted by Gasteiger charge is -2.35. The van der Waals surface area contributed by atoms with Crippen LogP contribution < -0.4 is 5.32 Å². The van der Waals surface area contributed by atoms with Crippen LogP contribution in [0.5, 0.6) is 0 Å². The third-order valence-electron chi connectivity index (χ3n) is 2.77. The molecule has 13 heavy (non-hydrogen) atoms. The third kappa shape index (κ3) is 2.12. The van der Waals surface area contributed by atoms with Crippen molar-refractivity contribution in [3.05, 3.63) is 22.4 Å². The average Bonchev–Trinajstić information content (AvgIpc) is 2.54. The zero-order chi connectivity index (χ0) is 9.10. The van der Waals surface area contributed by atoms with Crippen molar-refractivity contribution in [1.82, 2.24) is 5.32 Å². The molecule has 0 spiro atoms. The highest BCUT2D eigenvalue weighted by atomic mass is 32.1. The quantitative estimate of drug-likeness (QED) is 0.779. The lowest BCUT2D eigenvalue weighted by atomic mass is 9.79. The topological polar surface area (TPSA) is 12.0 Å². The Labute approximate surface area is 84.2 Å². The normalized spacial score (nSPS) is 27.2. The SMILES string of the molecule is CCCNC1CC(c2cccs2)C1. The van der Waals surface area contributed by atoms with E-state index in [2.05, 4.69) is 29.8 Å². The highest BCUT2D eigenvalue weighted by Crippen LogP contribution is 2.38. The van der Waals surface area contributed by atoms with E-state index < -0.39 is 0 Å². The lowest BCUT2D eigenvalue weighted by Crippen LogP contribution is -2.40. The standard InChI is InChI=1S/C11H17NS/c1-2-5-12-10-7-9(8-10)11-4-3-6-13-11/h3-4,6,9-10,12H,2,5,7-8H2,1H3. The molecule has 1 saturated carbocycles. The van der Waals surface area contributed by atoms with E-state index in [-0.39, 0.29) is 0 Å². The zero-order valence-corrected chi connectivity index (χ0v) is 8.94. The van der Waals surface area contributed by atoms with Gasteiger partial charge in [-0.15, -0.1) is 11.3 Å². The van der Waals surface area contributed by atoms with Crippen LogP contribution in [0.25, 0.3) is 0 Å². The molecule has 1 N–H and O–H groups in total. The summed E-state index contributed by atoms with van der Waals surface area (Å²) in [5, 5.41) is 5.75. The number of hydrogen-bond acceptors (Lipinski definition) is 2. The van der Waals surface area contributed by atoms with E-state index in [4.69, 9.17) is 0 Å². The van der Waals surface area contributed by atoms with Gasteiger partial charge in [0.05, 0.1) is 0 Å². The van der Waals surface area contributed by atoms with E-state index in [1.54, 1.807) is 4.88 Å². The number of nitrogens with one attached hydrogen (secondary N) is 1. The first kappa shape index (κ1) is 9.22. The molecule has 0 saturated heterocycles. The van der Waals surface area contributed by atoms with E-state index in [1.165, 1.54) is 25.8 Å². The maximum Gasteiger partial charge on any atom is 0.00793 e. The molecule has 1 aliphatic rings. The van der Waals surface area contributed by atoms with Gasteiger partial charge in [0, 0.05) is 10.9 Å². The molecule has 1 fully saturated rings. The van der Waals surface area contributed by atoms with Crippen LogP contribution in [0.2, 0.25) is 0 Å². The molecule has 0 atom stereocenters. The van der Waals surface area contributed by atoms with Crippen molar-refractivity contribution in [2.75, 3.05) is 6.54 Å². The van der Waals surface area contributed by atoms with Crippen LogP contribution in [0, 0.1) is 0 Å². The molecule has 0 unspecified atom stereocenters. The molecular weight excluding hydrogens is 178 g/mol. The zero-order valence-electron chi connectivity index (χ0n) is 8.12. The fourth-order valence-electron chi connectivity index (χ4n) is 1.89. The van der Waals surface area contributed by atoms with Crippen molar-refractivity contribution in [2.45, 2.75) is 38.1 Å². The van der Waals surface area contributed by atoms with Gasteiger partial charge in [0.2, 0.25) is 0 Å². The summed E-state index contributed by atoms with van der Waals surface area (Å²) in [4.78, 5) is 1.58. The van der Waals surface area contributed by atoms with Gasteiger partial charge in [-0.3, -0.25) is 0 Å². The van der Waals surface area contributed by atoms with Crippen LogP contribution in [0.3, 0.4) is 0 Å². The minimum atomic E-state index is 0.798. The van der Waals surface area contributed by atoms with Crippen molar-refractivity contribution >= 4 is 11.3 Å². The monoisotopic (exact) mass is 195 g/mol. The van der Waals surface area contributed by atoms with Gasteiger partial charge < -0.3 is 5.32 Å². The average molecular weight is 195 g/mol. The molecule has 0 aromatic carbocycles. The Hall–Kier alpha value is -0.340. The Morgan fingerprint density at radius 2 is 2.38 bits per heavy atom. The molecule has 0 amide bonds. The molecule has 1 nitrogen and oxygen atoms in total. The second-order valence-corrected chi connectivity index (χ2v) is 4.81. The summed E-state index contributed by atoms with van der Waals surface area (Å²) in [6.07, 6.45) is 3.95. The van der Waals surface area contributed by atoms with Crippen molar-refractivity contribution in [2.24, 2.45) is 0 Å². The summed E-state index contributed by atoms with van der Waals surface area (Å²) in [6.45, 7) is 3.41. The van der Waals surface area contributed by atoms with Crippen LogP contribution in [-0.2, 0) is 0 Å². The summed E-state index contributed by atoms with van der Waals surface area (Å²) in [5.74, 6) is 0.856. The summed E-state index contributed by atoms with van der Waals surface area (Å²) >= 11 is 1.90. The van der Waals surface area contributed by atoms with Crippen LogP contribution >= 0.6 is 11.3 Å². The van der Waals surface area contributed by atoms with Crippen molar-refractivity contribution in [1.29, 1.82) is 0 Å². The first-order valence-electron chi connectivity index (χ1n) is 5.17. The second kappa shape index (κ2) is 4.25. The van der Waals surface area contributed by atoms with Crippen LogP contribution in [0.1, 0.15) is 37.0 Å². The van der Waals surface area contributed by atoms with Crippen molar-refractivity contribution in [3.63, 3.8) is 0 Å². The summed E-state index contributed by atoms with van der Waals surface area (Å²) in [7, 11) is 0. The van der Waals surface area contributed by atoms with Gasteiger partial charge in [-0.05, 0) is 43.2 Å². The molecule has 72 valence electrons. The van der Waals surface area contributed by atoms with Crippen LogP contribution in [0.15, 0.2) is 17.5 Å². The van der Waals surface area contributed by atoms with Gasteiger partial charge in [0.1, 0.15) is 0 Å². The Morgan fingerprint density at radius 1 is 1.54 bits per heavy atom. The highest BCUT2D eigenvalue weighted by Gasteiger charge is 2.29. The first-order chi connectivity index (χ1) is 6.40. The van der Waals surface area contributed by atoms with E-state index >= 15 is 0 Å². The molecular formula is C11H17NS. The number of thiophene rings is 1. The molecule has 0 aliphatic heterocycles. The highest BCUT2D eigenvalue weighted by molar-refractivity contribution is 7.10. The fraction of sp³-hybridized carbons (Fsp3) is 0.636. The van der Waals surface area contributed by atoms with E-state index in [0.717, 1.165) is 12.0 Å². The Kier molecular flexibility index (Phi) is 3.01. The predicted molar refractivity (Wildman–Crippen MR) is 58.4 cm³/mol. The summed E-state index contributed by atoms with van der Waals surface area (Å²) in [6, 6.07) is 5.23. The largest absolute Gasteiger partial charge is 0.314 e. The van der Waals surface area contributed by atoms with Crippen molar-refractivity contribution < 1.29 is 0 Å². The van der Waals surface area contributed by atoms with Gasteiger partial charge in [0.15, 0.2) is 0 Å².